The Kier molecular flexibility index (Phi) is 3.66. The van der Waals surface area contributed by atoms with Crippen LogP contribution >= 0.6 is 0 Å². The quantitative estimate of drug-likeness (QED) is 0.618. The maximum Gasteiger partial charge on any atom is 0.246 e. The third-order valence-corrected chi connectivity index (χ3v) is 3.61. The average molecular weight is 244 g/mol. The Balaban J connectivity index is 3.22. The van der Waals surface area contributed by atoms with Crippen molar-refractivity contribution in [2.24, 2.45) is 0 Å². The van der Waals surface area contributed by atoms with Crippen molar-refractivity contribution in [2.45, 2.75) is 17.9 Å². The number of benzene rings is 1. The molecule has 88 valence electrons. The monoisotopic (exact) mass is 244 g/mol. The molecular weight excluding hydrogens is 231 g/mol. The van der Waals surface area contributed by atoms with Crippen molar-refractivity contribution in [1.29, 1.82) is 0 Å². The van der Waals surface area contributed by atoms with Gasteiger partial charge < -0.3 is 5.73 Å². The van der Waals surface area contributed by atoms with Crippen LogP contribution in [-0.4, -0.2) is 14.5 Å². The lowest BCUT2D eigenvalue weighted by Crippen LogP contribution is -2.32. The Hall–Kier alpha value is -1.40. The van der Waals surface area contributed by atoms with Crippen LogP contribution in [0.2, 0.25) is 0 Å². The van der Waals surface area contributed by atoms with Crippen molar-refractivity contribution < 1.29 is 12.8 Å². The molecule has 6 heteroatoms. The van der Waals surface area contributed by atoms with Crippen LogP contribution in [0.3, 0.4) is 0 Å². The van der Waals surface area contributed by atoms with Gasteiger partial charge in [0.1, 0.15) is 10.7 Å². The van der Waals surface area contributed by atoms with E-state index < -0.39 is 26.8 Å². The molecule has 0 bridgehead atoms. The highest BCUT2D eigenvalue weighted by Gasteiger charge is 2.22. The maximum absolute atomic E-state index is 13.4. The van der Waals surface area contributed by atoms with E-state index in [-0.39, 0.29) is 5.69 Å². The number of anilines is 1. The summed E-state index contributed by atoms with van der Waals surface area (Å²) in [6.07, 6.45) is 1.40. The van der Waals surface area contributed by atoms with E-state index >= 15 is 0 Å². The predicted molar refractivity (Wildman–Crippen MR) is 60.8 cm³/mol. The summed E-state index contributed by atoms with van der Waals surface area (Å²) in [7, 11) is -3.95. The number of nitrogens with two attached hydrogens (primary N) is 1. The van der Waals surface area contributed by atoms with Gasteiger partial charge in [-0.2, -0.15) is 0 Å². The number of halogens is 1. The minimum Gasteiger partial charge on any atom is -0.398 e. The second-order valence-corrected chi connectivity index (χ2v) is 4.95. The molecule has 0 spiro atoms. The maximum atomic E-state index is 13.4. The molecular formula is C10H13FN2O2S. The van der Waals surface area contributed by atoms with Crippen LogP contribution < -0.4 is 10.5 Å². The first-order valence-corrected chi connectivity index (χ1v) is 6.05. The topological polar surface area (TPSA) is 72.2 Å². The van der Waals surface area contributed by atoms with E-state index in [1.807, 2.05) is 0 Å². The van der Waals surface area contributed by atoms with Crippen molar-refractivity contribution in [1.82, 2.24) is 4.72 Å². The fourth-order valence-corrected chi connectivity index (χ4v) is 2.57. The average Bonchev–Trinajstić information content (AvgIpc) is 2.16. The molecule has 16 heavy (non-hydrogen) atoms. The molecule has 1 aromatic carbocycles. The summed E-state index contributed by atoms with van der Waals surface area (Å²) in [6.45, 7) is 5.02. The summed E-state index contributed by atoms with van der Waals surface area (Å²) in [4.78, 5) is -0.524. The van der Waals surface area contributed by atoms with E-state index in [4.69, 9.17) is 5.73 Å². The van der Waals surface area contributed by atoms with Crippen LogP contribution in [0.5, 0.6) is 0 Å². The third kappa shape index (κ3) is 2.59. The van der Waals surface area contributed by atoms with Crippen LogP contribution in [-0.2, 0) is 10.0 Å². The first-order valence-electron chi connectivity index (χ1n) is 4.57. The van der Waals surface area contributed by atoms with Crippen LogP contribution in [0, 0.1) is 5.82 Å². The second kappa shape index (κ2) is 4.63. The summed E-state index contributed by atoms with van der Waals surface area (Å²) < 4.78 is 39.1. The van der Waals surface area contributed by atoms with Gasteiger partial charge in [0.25, 0.3) is 0 Å². The zero-order valence-corrected chi connectivity index (χ0v) is 9.59. The van der Waals surface area contributed by atoms with Gasteiger partial charge in [0, 0.05) is 6.04 Å². The zero-order chi connectivity index (χ0) is 12.3. The molecule has 1 aromatic rings. The van der Waals surface area contributed by atoms with Gasteiger partial charge in [0.05, 0.1) is 5.69 Å². The zero-order valence-electron chi connectivity index (χ0n) is 8.77. The lowest BCUT2D eigenvalue weighted by Gasteiger charge is -2.12. The van der Waals surface area contributed by atoms with Crippen LogP contribution in [0.25, 0.3) is 0 Å². The smallest absolute Gasteiger partial charge is 0.246 e. The Morgan fingerprint density at radius 3 is 2.69 bits per heavy atom. The minimum atomic E-state index is -3.95. The minimum absolute atomic E-state index is 0.122. The van der Waals surface area contributed by atoms with Gasteiger partial charge in [0.2, 0.25) is 10.0 Å². The van der Waals surface area contributed by atoms with Crippen molar-refractivity contribution >= 4 is 15.7 Å². The molecule has 0 aromatic heterocycles. The van der Waals surface area contributed by atoms with Gasteiger partial charge >= 0.3 is 0 Å². The molecule has 0 aliphatic rings. The van der Waals surface area contributed by atoms with Crippen LogP contribution in [0.15, 0.2) is 35.7 Å². The van der Waals surface area contributed by atoms with E-state index in [9.17, 15) is 12.8 Å². The summed E-state index contributed by atoms with van der Waals surface area (Å²) >= 11 is 0. The molecule has 1 atom stereocenters. The Morgan fingerprint density at radius 1 is 1.56 bits per heavy atom. The summed E-state index contributed by atoms with van der Waals surface area (Å²) in [5, 5.41) is 0. The van der Waals surface area contributed by atoms with Gasteiger partial charge in [-0.3, -0.25) is 0 Å². The van der Waals surface area contributed by atoms with E-state index in [2.05, 4.69) is 11.3 Å². The number of nitrogens with one attached hydrogen (secondary N) is 1. The number of rotatable bonds is 4. The summed E-state index contributed by atoms with van der Waals surface area (Å²) in [6, 6.07) is 3.23. The number of hydrogen-bond acceptors (Lipinski definition) is 3. The third-order valence-electron chi connectivity index (χ3n) is 1.96. The first-order chi connectivity index (χ1) is 7.38. The van der Waals surface area contributed by atoms with Crippen LogP contribution in [0.1, 0.15) is 6.92 Å². The molecule has 3 N–H and O–H groups in total. The standard InChI is InChI=1S/C10H13FN2O2S/c1-3-7(2)13-16(14,15)10-8(11)5-4-6-9(10)12/h3-7,13H,1,12H2,2H3. The Bertz CT molecular complexity index is 479. The molecule has 1 rings (SSSR count). The molecule has 0 saturated carbocycles. The Labute approximate surface area is 94.0 Å². The normalized spacial score (nSPS) is 13.4. The molecule has 4 nitrogen and oxygen atoms in total. The highest BCUT2D eigenvalue weighted by Crippen LogP contribution is 2.21. The van der Waals surface area contributed by atoms with Gasteiger partial charge in [-0.1, -0.05) is 12.1 Å². The first kappa shape index (κ1) is 12.7. The van der Waals surface area contributed by atoms with Gasteiger partial charge in [0.15, 0.2) is 0 Å². The van der Waals surface area contributed by atoms with E-state index in [1.165, 1.54) is 18.2 Å². The van der Waals surface area contributed by atoms with E-state index in [1.54, 1.807) is 6.92 Å². The van der Waals surface area contributed by atoms with Gasteiger partial charge in [-0.05, 0) is 19.1 Å². The van der Waals surface area contributed by atoms with E-state index in [0.717, 1.165) is 6.07 Å². The lowest BCUT2D eigenvalue weighted by atomic mass is 10.3. The predicted octanol–water partition coefficient (Wildman–Crippen LogP) is 1.26. The van der Waals surface area contributed by atoms with Crippen molar-refractivity contribution in [3.63, 3.8) is 0 Å². The SMILES string of the molecule is C=CC(C)NS(=O)(=O)c1c(N)cccc1F. The number of hydrogen-bond donors (Lipinski definition) is 2. The van der Waals surface area contributed by atoms with E-state index in [0.29, 0.717) is 0 Å². The molecule has 0 heterocycles. The lowest BCUT2D eigenvalue weighted by molar-refractivity contribution is 0.554. The molecule has 0 aliphatic heterocycles. The highest BCUT2D eigenvalue weighted by molar-refractivity contribution is 7.89. The fourth-order valence-electron chi connectivity index (χ4n) is 1.16. The number of sulfonamides is 1. The fraction of sp³-hybridized carbons (Fsp3) is 0.200. The van der Waals surface area contributed by atoms with Crippen molar-refractivity contribution in [3.8, 4) is 0 Å². The van der Waals surface area contributed by atoms with Gasteiger partial charge in [-0.15, -0.1) is 6.58 Å². The molecule has 0 saturated heterocycles. The molecule has 0 amide bonds. The molecule has 1 unspecified atom stereocenters. The molecule has 0 radical (unpaired) electrons. The summed E-state index contributed by atoms with van der Waals surface area (Å²) in [5.74, 6) is -0.872. The molecule has 0 fully saturated rings. The van der Waals surface area contributed by atoms with Crippen LogP contribution in [0.4, 0.5) is 10.1 Å². The summed E-state index contributed by atoms with van der Waals surface area (Å²) in [5.41, 5.74) is 5.32. The highest BCUT2D eigenvalue weighted by atomic mass is 32.2. The largest absolute Gasteiger partial charge is 0.398 e. The van der Waals surface area contributed by atoms with Gasteiger partial charge in [-0.25, -0.2) is 17.5 Å². The Morgan fingerprint density at radius 2 is 2.19 bits per heavy atom. The number of nitrogen functional groups attached to an aromatic ring is 1. The second-order valence-electron chi connectivity index (χ2n) is 3.30. The van der Waals surface area contributed by atoms with Crippen molar-refractivity contribution in [3.05, 3.63) is 36.7 Å². The molecule has 0 aliphatic carbocycles. The van der Waals surface area contributed by atoms with Crippen molar-refractivity contribution in [2.75, 3.05) is 5.73 Å².